The van der Waals surface area contributed by atoms with Crippen LogP contribution >= 0.6 is 0 Å². The van der Waals surface area contributed by atoms with Gasteiger partial charge < -0.3 is 10.0 Å². The van der Waals surface area contributed by atoms with Crippen LogP contribution in [0, 0.1) is 0 Å². The Balaban J connectivity index is 1.58. The van der Waals surface area contributed by atoms with Crippen LogP contribution in [0.2, 0.25) is 0 Å². The van der Waals surface area contributed by atoms with Crippen LogP contribution in [0.1, 0.15) is 32.1 Å². The number of unbranched alkanes of at least 4 members (excludes halogenated alkanes) is 1. The lowest BCUT2D eigenvalue weighted by molar-refractivity contribution is -0.137. The van der Waals surface area contributed by atoms with E-state index in [-0.39, 0.29) is 12.3 Å². The molecule has 1 amide bonds. The minimum Gasteiger partial charge on any atom is -0.481 e. The Morgan fingerprint density at radius 1 is 0.857 bits per heavy atom. The number of carboxylic acid groups (broad SMARTS) is 1. The maximum Gasteiger partial charge on any atom is 0.303 e. The Bertz CT molecular complexity index is 348. The highest BCUT2D eigenvalue weighted by molar-refractivity contribution is 5.78. The van der Waals surface area contributed by atoms with Crippen molar-refractivity contribution in [3.8, 4) is 0 Å². The first-order chi connectivity index (χ1) is 10.1. The number of hydrogen-bond acceptors (Lipinski definition) is 4. The zero-order valence-corrected chi connectivity index (χ0v) is 12.8. The van der Waals surface area contributed by atoms with E-state index in [1.54, 1.807) is 0 Å². The van der Waals surface area contributed by atoms with Crippen molar-refractivity contribution in [1.82, 2.24) is 14.7 Å². The van der Waals surface area contributed by atoms with E-state index in [2.05, 4.69) is 9.80 Å². The van der Waals surface area contributed by atoms with Crippen molar-refractivity contribution in [2.24, 2.45) is 0 Å². The molecule has 6 heteroatoms. The standard InChI is InChI=1S/C15H27N3O3/c19-14(13-17-7-3-4-8-17)18-11-9-16(10-12-18)6-2-1-5-15(20)21/h1-13H2,(H,20,21). The topological polar surface area (TPSA) is 64.1 Å². The number of hydrogen-bond donors (Lipinski definition) is 1. The largest absolute Gasteiger partial charge is 0.481 e. The highest BCUT2D eigenvalue weighted by Gasteiger charge is 2.23. The van der Waals surface area contributed by atoms with E-state index in [1.165, 1.54) is 12.8 Å². The summed E-state index contributed by atoms with van der Waals surface area (Å²) in [6.45, 7) is 7.11. The Morgan fingerprint density at radius 2 is 1.52 bits per heavy atom. The summed E-state index contributed by atoms with van der Waals surface area (Å²) in [6, 6.07) is 0. The quantitative estimate of drug-likeness (QED) is 0.693. The predicted octanol–water partition coefficient (Wildman–Crippen LogP) is 0.481. The summed E-state index contributed by atoms with van der Waals surface area (Å²) >= 11 is 0. The van der Waals surface area contributed by atoms with Crippen LogP contribution in [0.3, 0.4) is 0 Å². The van der Waals surface area contributed by atoms with Crippen LogP contribution in [-0.4, -0.2) is 84.0 Å². The average molecular weight is 297 g/mol. The summed E-state index contributed by atoms with van der Waals surface area (Å²) in [5.74, 6) is -0.449. The molecule has 2 aliphatic rings. The molecule has 2 fully saturated rings. The summed E-state index contributed by atoms with van der Waals surface area (Å²) in [7, 11) is 0. The monoisotopic (exact) mass is 297 g/mol. The number of rotatable bonds is 7. The second-order valence-electron chi connectivity index (χ2n) is 6.06. The number of amides is 1. The predicted molar refractivity (Wildman–Crippen MR) is 80.2 cm³/mol. The minimum atomic E-state index is -0.715. The molecule has 120 valence electrons. The molecular weight excluding hydrogens is 270 g/mol. The van der Waals surface area contributed by atoms with Crippen LogP contribution in [-0.2, 0) is 9.59 Å². The Labute approximate surface area is 126 Å². The molecule has 0 aliphatic carbocycles. The zero-order chi connectivity index (χ0) is 15.1. The van der Waals surface area contributed by atoms with Gasteiger partial charge in [0.25, 0.3) is 0 Å². The van der Waals surface area contributed by atoms with Crippen molar-refractivity contribution in [2.75, 3.05) is 52.4 Å². The molecule has 0 unspecified atom stereocenters. The van der Waals surface area contributed by atoms with Gasteiger partial charge in [0.05, 0.1) is 6.54 Å². The van der Waals surface area contributed by atoms with E-state index >= 15 is 0 Å². The number of nitrogens with zero attached hydrogens (tertiary/aromatic N) is 3. The van der Waals surface area contributed by atoms with Crippen LogP contribution in [0.4, 0.5) is 0 Å². The number of carboxylic acids is 1. The highest BCUT2D eigenvalue weighted by Crippen LogP contribution is 2.09. The molecule has 0 atom stereocenters. The van der Waals surface area contributed by atoms with E-state index in [1.807, 2.05) is 4.90 Å². The van der Waals surface area contributed by atoms with Crippen molar-refractivity contribution in [3.63, 3.8) is 0 Å². The van der Waals surface area contributed by atoms with Gasteiger partial charge >= 0.3 is 5.97 Å². The minimum absolute atomic E-state index is 0.258. The van der Waals surface area contributed by atoms with Crippen molar-refractivity contribution in [2.45, 2.75) is 32.1 Å². The molecule has 0 aromatic rings. The smallest absolute Gasteiger partial charge is 0.303 e. The van der Waals surface area contributed by atoms with Gasteiger partial charge in [-0.1, -0.05) is 0 Å². The number of carbonyl (C=O) groups is 2. The third-order valence-electron chi connectivity index (χ3n) is 4.40. The van der Waals surface area contributed by atoms with E-state index < -0.39 is 5.97 Å². The summed E-state index contributed by atoms with van der Waals surface area (Å²) in [6.07, 6.45) is 4.36. The molecule has 2 rings (SSSR count). The van der Waals surface area contributed by atoms with E-state index in [0.717, 1.165) is 58.7 Å². The van der Waals surface area contributed by atoms with E-state index in [0.29, 0.717) is 6.54 Å². The molecule has 0 saturated carbocycles. The molecule has 0 bridgehead atoms. The number of carbonyl (C=O) groups excluding carboxylic acids is 1. The van der Waals surface area contributed by atoms with Crippen LogP contribution in [0.15, 0.2) is 0 Å². The molecule has 0 spiro atoms. The molecule has 0 aromatic carbocycles. The molecule has 2 saturated heterocycles. The Morgan fingerprint density at radius 3 is 2.14 bits per heavy atom. The van der Waals surface area contributed by atoms with Crippen LogP contribution in [0.25, 0.3) is 0 Å². The lowest BCUT2D eigenvalue weighted by Crippen LogP contribution is -2.51. The van der Waals surface area contributed by atoms with Gasteiger partial charge in [-0.3, -0.25) is 19.4 Å². The second-order valence-corrected chi connectivity index (χ2v) is 6.06. The summed E-state index contributed by atoms with van der Waals surface area (Å²) < 4.78 is 0. The van der Waals surface area contributed by atoms with E-state index in [4.69, 9.17) is 5.11 Å². The van der Waals surface area contributed by atoms with Crippen molar-refractivity contribution < 1.29 is 14.7 Å². The first-order valence-electron chi connectivity index (χ1n) is 8.09. The first kappa shape index (κ1) is 16.2. The van der Waals surface area contributed by atoms with Crippen LogP contribution in [0.5, 0.6) is 0 Å². The molecule has 6 nitrogen and oxygen atoms in total. The third kappa shape index (κ3) is 5.63. The molecule has 21 heavy (non-hydrogen) atoms. The normalized spacial score (nSPS) is 20.9. The van der Waals surface area contributed by atoms with Crippen molar-refractivity contribution in [3.05, 3.63) is 0 Å². The van der Waals surface area contributed by atoms with Gasteiger partial charge in [0, 0.05) is 32.6 Å². The molecule has 0 radical (unpaired) electrons. The fourth-order valence-electron chi connectivity index (χ4n) is 3.06. The summed E-state index contributed by atoms with van der Waals surface area (Å²) in [5.41, 5.74) is 0. The van der Waals surface area contributed by atoms with Gasteiger partial charge in [-0.25, -0.2) is 0 Å². The third-order valence-corrected chi connectivity index (χ3v) is 4.40. The number of aliphatic carboxylic acids is 1. The van der Waals surface area contributed by atoms with Crippen LogP contribution < -0.4 is 0 Å². The average Bonchev–Trinajstić information content (AvgIpc) is 2.97. The number of likely N-dealkylation sites (tertiary alicyclic amines) is 1. The highest BCUT2D eigenvalue weighted by atomic mass is 16.4. The Hall–Kier alpha value is -1.14. The van der Waals surface area contributed by atoms with Gasteiger partial charge in [0.1, 0.15) is 0 Å². The summed E-state index contributed by atoms with van der Waals surface area (Å²) in [5, 5.41) is 8.60. The second kappa shape index (κ2) is 8.34. The lowest BCUT2D eigenvalue weighted by atomic mass is 10.2. The van der Waals surface area contributed by atoms with Gasteiger partial charge in [-0.15, -0.1) is 0 Å². The van der Waals surface area contributed by atoms with Gasteiger partial charge in [-0.2, -0.15) is 0 Å². The molecule has 0 aromatic heterocycles. The van der Waals surface area contributed by atoms with E-state index in [9.17, 15) is 9.59 Å². The number of piperazine rings is 1. The molecule has 1 N–H and O–H groups in total. The van der Waals surface area contributed by atoms with Gasteiger partial charge in [0.15, 0.2) is 0 Å². The van der Waals surface area contributed by atoms with Crippen molar-refractivity contribution in [1.29, 1.82) is 0 Å². The molecule has 2 heterocycles. The van der Waals surface area contributed by atoms with Gasteiger partial charge in [0.2, 0.25) is 5.91 Å². The summed E-state index contributed by atoms with van der Waals surface area (Å²) in [4.78, 5) is 29.2. The molecular formula is C15H27N3O3. The van der Waals surface area contributed by atoms with Crippen molar-refractivity contribution >= 4 is 11.9 Å². The SMILES string of the molecule is O=C(O)CCCCN1CCN(C(=O)CN2CCCC2)CC1. The zero-order valence-electron chi connectivity index (χ0n) is 12.8. The maximum absolute atomic E-state index is 12.2. The lowest BCUT2D eigenvalue weighted by Gasteiger charge is -2.35. The fraction of sp³-hybridized carbons (Fsp3) is 0.867. The maximum atomic E-state index is 12.2. The Kier molecular flexibility index (Phi) is 6.45. The first-order valence-corrected chi connectivity index (χ1v) is 8.09. The fourth-order valence-corrected chi connectivity index (χ4v) is 3.06. The van der Waals surface area contributed by atoms with Gasteiger partial charge in [-0.05, 0) is 45.3 Å². The molecule has 2 aliphatic heterocycles.